The fourth-order valence-electron chi connectivity index (χ4n) is 2.51. The SMILES string of the molecule is Cn1nc(C(C)(C)C)cc1NC(=O)Nc1ccc(Oc2ccc(N)cc2)cc1. The Morgan fingerprint density at radius 3 is 2.11 bits per heavy atom. The van der Waals surface area contributed by atoms with Crippen LogP contribution in [0.2, 0.25) is 0 Å². The molecular weight excluding hydrogens is 354 g/mol. The molecule has 0 radical (unpaired) electrons. The summed E-state index contributed by atoms with van der Waals surface area (Å²) >= 11 is 0. The number of nitrogens with one attached hydrogen (secondary N) is 2. The fraction of sp³-hybridized carbons (Fsp3) is 0.238. The van der Waals surface area contributed by atoms with Gasteiger partial charge < -0.3 is 15.8 Å². The summed E-state index contributed by atoms with van der Waals surface area (Å²) < 4.78 is 7.40. The summed E-state index contributed by atoms with van der Waals surface area (Å²) in [6.07, 6.45) is 0. The maximum absolute atomic E-state index is 12.3. The van der Waals surface area contributed by atoms with Gasteiger partial charge in [0, 0.05) is 29.9 Å². The summed E-state index contributed by atoms with van der Waals surface area (Å²) in [6.45, 7) is 6.23. The van der Waals surface area contributed by atoms with Gasteiger partial charge in [-0.2, -0.15) is 5.10 Å². The van der Waals surface area contributed by atoms with E-state index in [1.807, 2.05) is 6.07 Å². The Morgan fingerprint density at radius 2 is 1.57 bits per heavy atom. The number of hydrogen-bond donors (Lipinski definition) is 3. The molecule has 0 saturated carbocycles. The van der Waals surface area contributed by atoms with E-state index in [1.54, 1.807) is 60.3 Å². The van der Waals surface area contributed by atoms with Crippen LogP contribution >= 0.6 is 0 Å². The molecule has 2 amide bonds. The van der Waals surface area contributed by atoms with Crippen LogP contribution in [-0.2, 0) is 12.5 Å². The number of anilines is 3. The lowest BCUT2D eigenvalue weighted by Crippen LogP contribution is -2.20. The molecule has 146 valence electrons. The summed E-state index contributed by atoms with van der Waals surface area (Å²) in [4.78, 5) is 12.3. The summed E-state index contributed by atoms with van der Waals surface area (Å²) in [5.74, 6) is 1.99. The molecule has 0 bridgehead atoms. The first-order valence-electron chi connectivity index (χ1n) is 8.97. The number of ether oxygens (including phenoxy) is 1. The lowest BCUT2D eigenvalue weighted by atomic mass is 9.92. The molecule has 2 aromatic carbocycles. The maximum atomic E-state index is 12.3. The highest BCUT2D eigenvalue weighted by molar-refractivity contribution is 5.99. The van der Waals surface area contributed by atoms with Crippen molar-refractivity contribution in [2.24, 2.45) is 7.05 Å². The van der Waals surface area contributed by atoms with Crippen molar-refractivity contribution in [1.82, 2.24) is 9.78 Å². The van der Waals surface area contributed by atoms with E-state index in [4.69, 9.17) is 10.5 Å². The summed E-state index contributed by atoms with van der Waals surface area (Å²) in [5.41, 5.74) is 7.82. The molecule has 0 atom stereocenters. The maximum Gasteiger partial charge on any atom is 0.324 e. The Hall–Kier alpha value is -3.48. The van der Waals surface area contributed by atoms with Crippen molar-refractivity contribution >= 4 is 23.2 Å². The predicted molar refractivity (Wildman–Crippen MR) is 112 cm³/mol. The number of nitrogen functional groups attached to an aromatic ring is 1. The fourth-order valence-corrected chi connectivity index (χ4v) is 2.51. The average Bonchev–Trinajstić information content (AvgIpc) is 2.99. The zero-order chi connectivity index (χ0) is 20.3. The van der Waals surface area contributed by atoms with Gasteiger partial charge in [0.05, 0.1) is 5.69 Å². The summed E-state index contributed by atoms with van der Waals surface area (Å²) in [6, 6.07) is 15.8. The molecule has 0 unspecified atom stereocenters. The number of carbonyl (C=O) groups excluding carboxylic acids is 1. The van der Waals surface area contributed by atoms with Gasteiger partial charge in [0.15, 0.2) is 0 Å². The highest BCUT2D eigenvalue weighted by Gasteiger charge is 2.19. The van der Waals surface area contributed by atoms with Gasteiger partial charge in [0.1, 0.15) is 17.3 Å². The van der Waals surface area contributed by atoms with Gasteiger partial charge in [-0.05, 0) is 48.5 Å². The molecule has 4 N–H and O–H groups in total. The Morgan fingerprint density at radius 1 is 1.00 bits per heavy atom. The van der Waals surface area contributed by atoms with Gasteiger partial charge in [-0.1, -0.05) is 20.8 Å². The number of urea groups is 1. The van der Waals surface area contributed by atoms with Crippen molar-refractivity contribution in [3.8, 4) is 11.5 Å². The number of carbonyl (C=O) groups is 1. The molecule has 1 aromatic heterocycles. The predicted octanol–water partition coefficient (Wildman–Crippen LogP) is 4.74. The van der Waals surface area contributed by atoms with E-state index in [2.05, 4.69) is 36.5 Å². The van der Waals surface area contributed by atoms with Crippen LogP contribution in [0.3, 0.4) is 0 Å². The van der Waals surface area contributed by atoms with Gasteiger partial charge in [-0.3, -0.25) is 10.00 Å². The third-order valence-corrected chi connectivity index (χ3v) is 4.12. The van der Waals surface area contributed by atoms with Crippen molar-refractivity contribution in [1.29, 1.82) is 0 Å². The van der Waals surface area contributed by atoms with E-state index in [1.165, 1.54) is 0 Å². The summed E-state index contributed by atoms with van der Waals surface area (Å²) in [5, 5.41) is 10.1. The second kappa shape index (κ2) is 7.64. The number of hydrogen-bond acceptors (Lipinski definition) is 4. The molecule has 7 heteroatoms. The quantitative estimate of drug-likeness (QED) is 0.571. The lowest BCUT2D eigenvalue weighted by Gasteiger charge is -2.13. The monoisotopic (exact) mass is 379 g/mol. The van der Waals surface area contributed by atoms with Gasteiger partial charge >= 0.3 is 6.03 Å². The Balaban J connectivity index is 1.60. The van der Waals surface area contributed by atoms with Gasteiger partial charge in [-0.25, -0.2) is 4.79 Å². The van der Waals surface area contributed by atoms with Crippen molar-refractivity contribution in [3.05, 3.63) is 60.3 Å². The Labute approximate surface area is 164 Å². The third-order valence-electron chi connectivity index (χ3n) is 4.12. The van der Waals surface area contributed by atoms with E-state index >= 15 is 0 Å². The number of nitrogens with zero attached hydrogens (tertiary/aromatic N) is 2. The van der Waals surface area contributed by atoms with Crippen molar-refractivity contribution < 1.29 is 9.53 Å². The molecule has 28 heavy (non-hydrogen) atoms. The number of nitrogens with two attached hydrogens (primary N) is 1. The molecule has 0 spiro atoms. The second-order valence-electron chi connectivity index (χ2n) is 7.56. The average molecular weight is 379 g/mol. The number of aryl methyl sites for hydroxylation is 1. The molecule has 3 rings (SSSR count). The Bertz CT molecular complexity index is 954. The first-order valence-corrected chi connectivity index (χ1v) is 8.97. The second-order valence-corrected chi connectivity index (χ2v) is 7.56. The largest absolute Gasteiger partial charge is 0.457 e. The number of rotatable bonds is 4. The van der Waals surface area contributed by atoms with Crippen LogP contribution in [0.4, 0.5) is 22.0 Å². The molecule has 3 aromatic rings. The first kappa shape index (κ1) is 19.3. The van der Waals surface area contributed by atoms with Gasteiger partial charge in [0.25, 0.3) is 0 Å². The molecule has 0 fully saturated rings. The Kier molecular flexibility index (Phi) is 5.26. The van der Waals surface area contributed by atoms with E-state index in [-0.39, 0.29) is 11.4 Å². The van der Waals surface area contributed by atoms with Crippen LogP contribution in [0.5, 0.6) is 11.5 Å². The van der Waals surface area contributed by atoms with Crippen LogP contribution in [0.15, 0.2) is 54.6 Å². The van der Waals surface area contributed by atoms with E-state index in [9.17, 15) is 4.79 Å². The van der Waals surface area contributed by atoms with Crippen molar-refractivity contribution in [2.45, 2.75) is 26.2 Å². The molecule has 7 nitrogen and oxygen atoms in total. The minimum absolute atomic E-state index is 0.0888. The zero-order valence-corrected chi connectivity index (χ0v) is 16.5. The van der Waals surface area contributed by atoms with Crippen LogP contribution in [0.1, 0.15) is 26.5 Å². The first-order chi connectivity index (χ1) is 13.2. The molecule has 0 aliphatic rings. The number of amides is 2. The number of aromatic nitrogens is 2. The van der Waals surface area contributed by atoms with Crippen molar-refractivity contribution in [3.63, 3.8) is 0 Å². The third kappa shape index (κ3) is 4.82. The van der Waals surface area contributed by atoms with Crippen LogP contribution in [-0.4, -0.2) is 15.8 Å². The highest BCUT2D eigenvalue weighted by Crippen LogP contribution is 2.25. The van der Waals surface area contributed by atoms with Crippen LogP contribution < -0.4 is 21.1 Å². The normalized spacial score (nSPS) is 11.1. The number of benzene rings is 2. The van der Waals surface area contributed by atoms with E-state index in [0.29, 0.717) is 28.7 Å². The molecular formula is C21H25N5O2. The molecule has 1 heterocycles. The van der Waals surface area contributed by atoms with E-state index in [0.717, 1.165) is 5.69 Å². The topological polar surface area (TPSA) is 94.2 Å². The van der Waals surface area contributed by atoms with E-state index < -0.39 is 0 Å². The zero-order valence-electron chi connectivity index (χ0n) is 16.5. The smallest absolute Gasteiger partial charge is 0.324 e. The van der Waals surface area contributed by atoms with Crippen LogP contribution in [0, 0.1) is 0 Å². The minimum atomic E-state index is -0.337. The summed E-state index contributed by atoms with van der Waals surface area (Å²) in [7, 11) is 1.80. The van der Waals surface area contributed by atoms with Crippen molar-refractivity contribution in [2.75, 3.05) is 16.4 Å². The van der Waals surface area contributed by atoms with Gasteiger partial charge in [0.2, 0.25) is 0 Å². The standard InChI is InChI=1S/C21H25N5O2/c1-21(2,3)18-13-19(26(4)25-18)24-20(27)23-15-7-11-17(12-8-15)28-16-9-5-14(22)6-10-16/h5-13H,22H2,1-4H3,(H2,23,24,27). The minimum Gasteiger partial charge on any atom is -0.457 e. The lowest BCUT2D eigenvalue weighted by molar-refractivity contribution is 0.262. The molecule has 0 aliphatic heterocycles. The van der Waals surface area contributed by atoms with Gasteiger partial charge in [-0.15, -0.1) is 0 Å². The van der Waals surface area contributed by atoms with Crippen LogP contribution in [0.25, 0.3) is 0 Å². The molecule has 0 saturated heterocycles. The highest BCUT2D eigenvalue weighted by atomic mass is 16.5. The molecule has 0 aliphatic carbocycles.